The maximum atomic E-state index is 2.56. The van der Waals surface area contributed by atoms with Gasteiger partial charge < -0.3 is 9.80 Å². The van der Waals surface area contributed by atoms with Crippen LogP contribution in [0.3, 0.4) is 0 Å². The predicted octanol–water partition coefficient (Wildman–Crippen LogP) is 10.5. The van der Waals surface area contributed by atoms with E-state index in [2.05, 4.69) is 174 Å². The maximum Gasteiger partial charge on any atom is 0.252 e. The molecule has 246 valence electrons. The van der Waals surface area contributed by atoms with E-state index in [1.807, 2.05) is 0 Å². The zero-order valence-corrected chi connectivity index (χ0v) is 29.0. The molecule has 2 saturated carbocycles. The van der Waals surface area contributed by atoms with Gasteiger partial charge in [0.2, 0.25) is 0 Å². The summed E-state index contributed by atoms with van der Waals surface area (Å²) >= 11 is 0. The Balaban J connectivity index is 1.05. The topological polar surface area (TPSA) is 6.48 Å². The van der Waals surface area contributed by atoms with Gasteiger partial charge >= 0.3 is 0 Å². The van der Waals surface area contributed by atoms with E-state index in [1.165, 1.54) is 98.4 Å². The fraction of sp³-hybridized carbons (Fsp3) is 0.143. The van der Waals surface area contributed by atoms with E-state index in [-0.39, 0.29) is 12.1 Å². The number of hydrogen-bond donors (Lipinski definition) is 0. The van der Waals surface area contributed by atoms with Crippen LogP contribution in [-0.2, 0) is 5.41 Å². The van der Waals surface area contributed by atoms with Gasteiger partial charge in [0.1, 0.15) is 0 Å². The normalized spacial score (nSPS) is 21.1. The molecular formula is C49H37BN2. The number of nitrogens with zero attached hydrogens (tertiary/aromatic N) is 2. The van der Waals surface area contributed by atoms with Crippen LogP contribution in [0, 0.1) is 11.8 Å². The van der Waals surface area contributed by atoms with Crippen molar-refractivity contribution in [3.05, 3.63) is 175 Å². The summed E-state index contributed by atoms with van der Waals surface area (Å²) in [6.07, 6.45) is 5.47. The van der Waals surface area contributed by atoms with Crippen LogP contribution in [0.1, 0.15) is 36.8 Å². The molecule has 5 aliphatic rings. The Morgan fingerprint density at radius 2 is 1.08 bits per heavy atom. The Kier molecular flexibility index (Phi) is 5.89. The van der Waals surface area contributed by atoms with E-state index in [0.717, 1.165) is 11.8 Å². The van der Waals surface area contributed by atoms with Gasteiger partial charge in [-0.1, -0.05) is 122 Å². The lowest BCUT2D eigenvalue weighted by atomic mass is 9.33. The molecule has 0 aromatic heterocycles. The first-order valence-corrected chi connectivity index (χ1v) is 19.1. The Hall–Kier alpha value is -5.80. The number of anilines is 6. The third-order valence-corrected chi connectivity index (χ3v) is 13.3. The highest BCUT2D eigenvalue weighted by atomic mass is 15.2. The number of fused-ring (bicyclic) bond motifs is 12. The molecule has 7 aromatic carbocycles. The monoisotopic (exact) mass is 664 g/mol. The van der Waals surface area contributed by atoms with Crippen LogP contribution in [0.4, 0.5) is 34.1 Å². The average Bonchev–Trinajstić information content (AvgIpc) is 3.91. The largest absolute Gasteiger partial charge is 0.311 e. The summed E-state index contributed by atoms with van der Waals surface area (Å²) in [6.45, 7) is 0.141. The summed E-state index contributed by atoms with van der Waals surface area (Å²) in [6, 6.07) is 61.7. The molecule has 2 heterocycles. The van der Waals surface area contributed by atoms with Crippen LogP contribution in [-0.4, -0.2) is 6.71 Å². The van der Waals surface area contributed by atoms with Crippen LogP contribution in [0.25, 0.3) is 22.3 Å². The van der Waals surface area contributed by atoms with Gasteiger partial charge in [0.05, 0.1) is 0 Å². The molecule has 2 nitrogen and oxygen atoms in total. The van der Waals surface area contributed by atoms with Gasteiger partial charge in [-0.2, -0.15) is 0 Å². The van der Waals surface area contributed by atoms with E-state index in [1.54, 1.807) is 11.1 Å². The summed E-state index contributed by atoms with van der Waals surface area (Å²) in [5, 5.41) is 0. The zero-order valence-electron chi connectivity index (χ0n) is 29.0. The second-order valence-electron chi connectivity index (χ2n) is 15.7. The SMILES string of the molecule is c1ccc(-c2ccc(N3c4ccccc4B4c5ccccc5N(c5ccc6c(c5)-c5ccccc5C65CC6CCC5C6)c5cccc3c54)cc2)cc1. The first-order chi connectivity index (χ1) is 25.8. The summed E-state index contributed by atoms with van der Waals surface area (Å²) < 4.78 is 0. The van der Waals surface area contributed by atoms with Crippen molar-refractivity contribution in [2.45, 2.75) is 31.1 Å². The fourth-order valence-electron chi connectivity index (χ4n) is 11.4. The predicted molar refractivity (Wildman–Crippen MR) is 218 cm³/mol. The molecule has 0 amide bonds. The van der Waals surface area contributed by atoms with Crippen molar-refractivity contribution in [3.63, 3.8) is 0 Å². The highest BCUT2D eigenvalue weighted by molar-refractivity contribution is 7.00. The van der Waals surface area contributed by atoms with Gasteiger partial charge in [-0.3, -0.25) is 0 Å². The minimum Gasteiger partial charge on any atom is -0.311 e. The second kappa shape index (κ2) is 10.6. The van der Waals surface area contributed by atoms with E-state index in [9.17, 15) is 0 Å². The van der Waals surface area contributed by atoms with Crippen molar-refractivity contribution in [2.24, 2.45) is 11.8 Å². The molecule has 0 radical (unpaired) electrons. The maximum absolute atomic E-state index is 2.56. The number of para-hydroxylation sites is 2. The van der Waals surface area contributed by atoms with Gasteiger partial charge in [0.15, 0.2) is 0 Å². The van der Waals surface area contributed by atoms with Gasteiger partial charge in [-0.25, -0.2) is 0 Å². The smallest absolute Gasteiger partial charge is 0.252 e. The summed E-state index contributed by atoms with van der Waals surface area (Å²) in [7, 11) is 0. The van der Waals surface area contributed by atoms with Crippen molar-refractivity contribution in [1.82, 2.24) is 0 Å². The summed E-state index contributed by atoms with van der Waals surface area (Å²) in [5.41, 5.74) is 20.2. The van der Waals surface area contributed by atoms with Crippen LogP contribution in [0.5, 0.6) is 0 Å². The molecule has 1 spiro atoms. The summed E-state index contributed by atoms with van der Waals surface area (Å²) in [5.74, 6) is 1.63. The molecule has 2 fully saturated rings. The van der Waals surface area contributed by atoms with E-state index in [4.69, 9.17) is 0 Å². The molecule has 3 atom stereocenters. The van der Waals surface area contributed by atoms with Crippen LogP contribution in [0.15, 0.2) is 164 Å². The molecule has 52 heavy (non-hydrogen) atoms. The lowest BCUT2D eigenvalue weighted by Crippen LogP contribution is -2.61. The van der Waals surface area contributed by atoms with Gasteiger partial charge in [0.25, 0.3) is 6.71 Å². The molecule has 2 aliphatic heterocycles. The Morgan fingerprint density at radius 3 is 1.79 bits per heavy atom. The molecule has 3 heteroatoms. The fourth-order valence-corrected chi connectivity index (χ4v) is 11.4. The third kappa shape index (κ3) is 3.76. The van der Waals surface area contributed by atoms with E-state index < -0.39 is 0 Å². The zero-order chi connectivity index (χ0) is 34.0. The van der Waals surface area contributed by atoms with Crippen LogP contribution in [0.2, 0.25) is 0 Å². The standard InChI is InChI=1S/C49H37BN2/c1-2-11-33(12-3-1)34-22-25-36(26-23-34)51-44-17-8-6-15-42(44)50-43-16-7-9-18-45(43)52(47-20-10-19-46(51)48(47)50)37-27-28-41-39(30-37)38-13-4-5-14-40(38)49(41)31-32-21-24-35(49)29-32/h1-20,22-23,25-28,30,32,35H,21,24,29,31H2. The number of rotatable bonds is 3. The Bertz CT molecular complexity index is 2570. The highest BCUT2D eigenvalue weighted by Crippen LogP contribution is 2.66. The first kappa shape index (κ1) is 28.9. The Morgan fingerprint density at radius 1 is 0.481 bits per heavy atom. The molecule has 3 unspecified atom stereocenters. The lowest BCUT2D eigenvalue weighted by Gasteiger charge is -2.44. The van der Waals surface area contributed by atoms with Crippen LogP contribution >= 0.6 is 0 Å². The summed E-state index contributed by atoms with van der Waals surface area (Å²) in [4.78, 5) is 5.05. The van der Waals surface area contributed by atoms with Crippen molar-refractivity contribution in [2.75, 3.05) is 9.80 Å². The average molecular weight is 665 g/mol. The van der Waals surface area contributed by atoms with Gasteiger partial charge in [0, 0.05) is 39.5 Å². The lowest BCUT2D eigenvalue weighted by molar-refractivity contribution is 0.327. The quantitative estimate of drug-likeness (QED) is 0.174. The molecule has 0 saturated heterocycles. The molecule has 0 N–H and O–H groups in total. The van der Waals surface area contributed by atoms with Crippen molar-refractivity contribution >= 4 is 57.2 Å². The van der Waals surface area contributed by atoms with Crippen molar-refractivity contribution in [1.29, 1.82) is 0 Å². The number of hydrogen-bond acceptors (Lipinski definition) is 2. The third-order valence-electron chi connectivity index (χ3n) is 13.3. The van der Waals surface area contributed by atoms with Gasteiger partial charge in [-0.15, -0.1) is 0 Å². The Labute approximate surface area is 306 Å². The number of benzene rings is 7. The minimum atomic E-state index is 0.141. The highest BCUT2D eigenvalue weighted by Gasteiger charge is 2.56. The first-order valence-electron chi connectivity index (χ1n) is 19.1. The van der Waals surface area contributed by atoms with Gasteiger partial charge in [-0.05, 0) is 129 Å². The second-order valence-corrected chi connectivity index (χ2v) is 15.7. The van der Waals surface area contributed by atoms with E-state index >= 15 is 0 Å². The minimum absolute atomic E-state index is 0.141. The van der Waals surface area contributed by atoms with Crippen molar-refractivity contribution < 1.29 is 0 Å². The van der Waals surface area contributed by atoms with E-state index in [0.29, 0.717) is 0 Å². The molecule has 12 rings (SSSR count). The van der Waals surface area contributed by atoms with Crippen LogP contribution < -0.4 is 26.2 Å². The molecular weight excluding hydrogens is 627 g/mol. The molecule has 2 bridgehead atoms. The van der Waals surface area contributed by atoms with Crippen molar-refractivity contribution in [3.8, 4) is 22.3 Å². The molecule has 3 aliphatic carbocycles. The molecule has 7 aromatic rings.